The molecular weight excluding hydrogens is 866 g/mol. The zero-order valence-electron chi connectivity index (χ0n) is 39.6. The lowest BCUT2D eigenvalue weighted by molar-refractivity contribution is -0.511. The minimum absolute atomic E-state index is 0.275. The fraction of sp³-hybridized carbons (Fsp3) is 0.0625. The van der Waals surface area contributed by atoms with Crippen molar-refractivity contribution in [1.82, 2.24) is 14.1 Å². The third-order valence-electron chi connectivity index (χ3n) is 14.5. The van der Waals surface area contributed by atoms with E-state index >= 15 is 0 Å². The van der Waals surface area contributed by atoms with Crippen molar-refractivity contribution >= 4 is 56.8 Å². The minimum Gasteiger partial charge on any atom is -0.458 e. The summed E-state index contributed by atoms with van der Waals surface area (Å²) in [6.45, 7) is 6.33. The van der Waals surface area contributed by atoms with Gasteiger partial charge in [-0.05, 0) is 98.5 Å². The van der Waals surface area contributed by atoms with Gasteiger partial charge in [-0.15, -0.1) is 0 Å². The van der Waals surface area contributed by atoms with Crippen LogP contribution in [0.2, 0.25) is 0 Å². The summed E-state index contributed by atoms with van der Waals surface area (Å²) >= 11 is 0. The maximum Gasteiger partial charge on any atom is 0.526 e. The largest absolute Gasteiger partial charge is 0.526 e. The highest BCUT2D eigenvalue weighted by atomic mass is 16.5. The second-order valence-electron chi connectivity index (χ2n) is 19.7. The van der Waals surface area contributed by atoms with Crippen molar-refractivity contribution in [3.8, 4) is 67.5 Å². The Kier molecular flexibility index (Phi) is 9.14. The van der Waals surface area contributed by atoms with E-state index in [0.29, 0.717) is 0 Å². The van der Waals surface area contributed by atoms with Crippen molar-refractivity contribution in [2.24, 2.45) is 0 Å². The minimum atomic E-state index is -0.572. The Morgan fingerprint density at radius 1 is 0.479 bits per heavy atom. The molecule has 0 aliphatic carbocycles. The molecule has 6 nitrogen and oxygen atoms in total. The average Bonchev–Trinajstić information content (AvgIpc) is 3.96. The Morgan fingerprint density at radius 2 is 1.07 bits per heavy atom. The molecule has 336 valence electrons. The van der Waals surface area contributed by atoms with E-state index < -0.39 is 6.98 Å². The number of para-hydroxylation sites is 3. The van der Waals surface area contributed by atoms with Gasteiger partial charge in [0.25, 0.3) is 0 Å². The predicted molar refractivity (Wildman–Crippen MR) is 291 cm³/mol. The molecule has 0 saturated heterocycles. The molecular formula is C64H46BN5O. The number of pyridine rings is 1. The molecule has 3 aromatic heterocycles. The summed E-state index contributed by atoms with van der Waals surface area (Å²) in [6, 6.07) is 81.0. The summed E-state index contributed by atoms with van der Waals surface area (Å²) in [5.41, 5.74) is 17.1. The highest BCUT2D eigenvalue weighted by Gasteiger charge is 2.44. The smallest absolute Gasteiger partial charge is 0.458 e. The molecule has 2 aliphatic rings. The summed E-state index contributed by atoms with van der Waals surface area (Å²) in [4.78, 5) is 8.52. The quantitative estimate of drug-likeness (QED) is 0.131. The number of hydrogen-bond acceptors (Lipinski definition) is 3. The van der Waals surface area contributed by atoms with Crippen molar-refractivity contribution in [3.63, 3.8) is 0 Å². The van der Waals surface area contributed by atoms with Gasteiger partial charge >= 0.3 is 6.98 Å². The lowest BCUT2D eigenvalue weighted by Gasteiger charge is -2.35. The Hall–Kier alpha value is -8.94. The van der Waals surface area contributed by atoms with Crippen LogP contribution in [-0.2, 0) is 5.41 Å². The third kappa shape index (κ3) is 6.50. The standard InChI is InChI=1S/C64H46BN5O/c1-64(2,3)44-37-60-66-61(38-44)70(57-33-15-12-25-48(57)42-19-6-4-7-20-42)65-62-49(43-21-8-5-9-22-43)29-17-30-54(62)50-26-10-11-27-51(50)55-31-18-34-58-63(55)68(65)41-67(58)45-23-16-24-46(39-45)71-47-35-36-53-52-28-13-14-32-56(52)69(60)59(53)40-47/h4-40H,1-3H3. The Bertz CT molecular complexity index is 4090. The van der Waals surface area contributed by atoms with E-state index in [2.05, 4.69) is 264 Å². The number of nitrogens with zero attached hydrogens (tertiary/aromatic N) is 5. The fourth-order valence-electron chi connectivity index (χ4n) is 11.2. The molecule has 0 atom stereocenters. The second-order valence-corrected chi connectivity index (χ2v) is 19.7. The molecule has 9 aromatic carbocycles. The molecule has 71 heavy (non-hydrogen) atoms. The monoisotopic (exact) mass is 911 g/mol. The molecule has 0 N–H and O–H groups in total. The number of imidazole rings is 1. The van der Waals surface area contributed by atoms with Gasteiger partial charge in [-0.3, -0.25) is 4.57 Å². The zero-order valence-corrected chi connectivity index (χ0v) is 39.6. The van der Waals surface area contributed by atoms with Crippen LogP contribution in [0.5, 0.6) is 11.5 Å². The van der Waals surface area contributed by atoms with Gasteiger partial charge in [0, 0.05) is 33.6 Å². The van der Waals surface area contributed by atoms with Crippen LogP contribution in [0.1, 0.15) is 26.3 Å². The first kappa shape index (κ1) is 41.1. The number of aromatic nitrogens is 4. The van der Waals surface area contributed by atoms with Gasteiger partial charge in [0.2, 0.25) is 6.33 Å². The maximum atomic E-state index is 6.88. The lowest BCUT2D eigenvalue weighted by atomic mass is 9.58. The molecule has 8 bridgehead atoms. The normalized spacial score (nSPS) is 12.8. The number of fused-ring (bicyclic) bond motifs is 17. The average molecular weight is 912 g/mol. The number of rotatable bonds is 3. The van der Waals surface area contributed by atoms with Gasteiger partial charge in [0.1, 0.15) is 23.1 Å². The van der Waals surface area contributed by atoms with E-state index in [1.165, 1.54) is 0 Å². The summed E-state index contributed by atoms with van der Waals surface area (Å²) < 4.78 is 13.8. The van der Waals surface area contributed by atoms with Crippen molar-refractivity contribution in [2.75, 3.05) is 4.81 Å². The molecule has 5 heterocycles. The number of hydrogen-bond donors (Lipinski definition) is 0. The first-order valence-electron chi connectivity index (χ1n) is 24.4. The van der Waals surface area contributed by atoms with Gasteiger partial charge in [0.05, 0.1) is 27.8 Å². The summed E-state index contributed by atoms with van der Waals surface area (Å²) in [6.07, 6.45) is 4.10. The topological polar surface area (TPSA) is 39.1 Å². The van der Waals surface area contributed by atoms with Crippen molar-refractivity contribution < 1.29 is 9.21 Å². The molecule has 7 heteroatoms. The summed E-state index contributed by atoms with van der Waals surface area (Å²) in [5.74, 6) is 3.08. The van der Waals surface area contributed by atoms with E-state index in [1.807, 2.05) is 6.07 Å². The first-order valence-corrected chi connectivity index (χ1v) is 24.4. The van der Waals surface area contributed by atoms with E-state index in [0.717, 1.165) is 123 Å². The molecule has 2 aliphatic heterocycles. The number of benzene rings is 9. The zero-order chi connectivity index (χ0) is 47.4. The summed E-state index contributed by atoms with van der Waals surface area (Å²) in [5, 5.41) is 2.27. The van der Waals surface area contributed by atoms with Gasteiger partial charge in [-0.2, -0.15) is 0 Å². The Morgan fingerprint density at radius 3 is 1.87 bits per heavy atom. The van der Waals surface area contributed by atoms with Gasteiger partial charge in [-0.25, -0.2) is 4.98 Å². The van der Waals surface area contributed by atoms with Crippen LogP contribution in [0, 0.1) is 6.33 Å². The van der Waals surface area contributed by atoms with Gasteiger partial charge < -0.3 is 18.6 Å². The number of ether oxygens (including phenoxy) is 1. The van der Waals surface area contributed by atoms with E-state index in [1.54, 1.807) is 0 Å². The molecule has 0 amide bonds. The Labute approximate surface area is 413 Å². The van der Waals surface area contributed by atoms with Crippen molar-refractivity contribution in [2.45, 2.75) is 26.2 Å². The van der Waals surface area contributed by atoms with E-state index in [9.17, 15) is 0 Å². The highest BCUT2D eigenvalue weighted by molar-refractivity contribution is 6.74. The SMILES string of the molecule is CC(C)(C)c1cc2nc(c1)-n1c3ccccc3c3ccc(cc31)Oc1cccc(c1)-n1[c-][n+]3c4c(cccc41)-c1ccccc1-c1cccc(-c4ccccc4)c1B3N2c1ccccc1-c1ccccc1. The van der Waals surface area contributed by atoms with Gasteiger partial charge in [0.15, 0.2) is 0 Å². The first-order chi connectivity index (χ1) is 34.9. The van der Waals surface area contributed by atoms with E-state index in [4.69, 9.17) is 9.72 Å². The highest BCUT2D eigenvalue weighted by Crippen LogP contribution is 2.44. The van der Waals surface area contributed by atoms with Crippen molar-refractivity contribution in [1.29, 1.82) is 0 Å². The van der Waals surface area contributed by atoms with Crippen molar-refractivity contribution in [3.05, 3.63) is 236 Å². The van der Waals surface area contributed by atoms with E-state index in [-0.39, 0.29) is 5.41 Å². The molecule has 12 aromatic rings. The molecule has 14 rings (SSSR count). The second kappa shape index (κ2) is 15.8. The molecule has 0 saturated carbocycles. The lowest BCUT2D eigenvalue weighted by Crippen LogP contribution is -2.68. The van der Waals surface area contributed by atoms with Crippen LogP contribution in [0.3, 0.4) is 0 Å². The van der Waals surface area contributed by atoms with Gasteiger partial charge in [-0.1, -0.05) is 191 Å². The van der Waals surface area contributed by atoms with Crippen LogP contribution in [0.15, 0.2) is 224 Å². The maximum absolute atomic E-state index is 6.88. The van der Waals surface area contributed by atoms with Crippen LogP contribution in [-0.4, -0.2) is 21.1 Å². The number of anilines is 2. The van der Waals surface area contributed by atoms with Crippen LogP contribution in [0.25, 0.3) is 88.9 Å². The predicted octanol–water partition coefficient (Wildman–Crippen LogP) is 14.7. The molecule has 0 unspecified atom stereocenters. The van der Waals surface area contributed by atoms with Crippen LogP contribution < -0.4 is 19.5 Å². The van der Waals surface area contributed by atoms with Crippen LogP contribution >= 0.6 is 0 Å². The summed E-state index contributed by atoms with van der Waals surface area (Å²) in [7, 11) is 0. The molecule has 0 radical (unpaired) electrons. The molecule has 0 fully saturated rings. The Balaban J connectivity index is 1.23. The fourth-order valence-corrected chi connectivity index (χ4v) is 11.2. The third-order valence-corrected chi connectivity index (χ3v) is 14.5. The molecule has 0 spiro atoms. The van der Waals surface area contributed by atoms with Crippen LogP contribution in [0.4, 0.5) is 11.5 Å².